The number of hydrogen-bond acceptors (Lipinski definition) is 3. The molecule has 0 bridgehead atoms. The summed E-state index contributed by atoms with van der Waals surface area (Å²) >= 11 is 0. The Bertz CT molecular complexity index is 560. The standard InChI is InChI=1S/C21H34N4O/c1-17-8-10-18(11-9-17)20(25-14-12-24(2)13-15-25)16-22-21(26)23-19-6-4-3-5-7-19/h8-11,19-20H,3-7,12-16H2,1-2H3,(H2,22,23,26). The van der Waals surface area contributed by atoms with Crippen molar-refractivity contribution in [2.45, 2.75) is 51.1 Å². The number of amides is 2. The number of nitrogens with zero attached hydrogens (tertiary/aromatic N) is 2. The molecule has 2 N–H and O–H groups in total. The Kier molecular flexibility index (Phi) is 6.92. The predicted molar refractivity (Wildman–Crippen MR) is 106 cm³/mol. The van der Waals surface area contributed by atoms with E-state index >= 15 is 0 Å². The summed E-state index contributed by atoms with van der Waals surface area (Å²) in [5, 5.41) is 6.31. The van der Waals surface area contributed by atoms with Crippen molar-refractivity contribution in [1.82, 2.24) is 20.4 Å². The number of carbonyl (C=O) groups is 1. The number of benzene rings is 1. The normalized spacial score (nSPS) is 21.3. The fourth-order valence-electron chi connectivity index (χ4n) is 4.05. The molecule has 1 saturated heterocycles. The topological polar surface area (TPSA) is 47.6 Å². The highest BCUT2D eigenvalue weighted by Gasteiger charge is 2.25. The molecular weight excluding hydrogens is 324 g/mol. The molecule has 1 unspecified atom stereocenters. The minimum absolute atomic E-state index is 0.0110. The van der Waals surface area contributed by atoms with Gasteiger partial charge in [-0.1, -0.05) is 49.1 Å². The Morgan fingerprint density at radius 3 is 2.38 bits per heavy atom. The molecule has 5 heteroatoms. The molecule has 2 fully saturated rings. The second-order valence-corrected chi connectivity index (χ2v) is 7.96. The van der Waals surface area contributed by atoms with Crippen molar-refractivity contribution < 1.29 is 4.79 Å². The van der Waals surface area contributed by atoms with Crippen LogP contribution >= 0.6 is 0 Å². The number of rotatable bonds is 5. The Morgan fingerprint density at radius 2 is 1.73 bits per heavy atom. The summed E-state index contributed by atoms with van der Waals surface area (Å²) in [6, 6.07) is 9.33. The highest BCUT2D eigenvalue weighted by atomic mass is 16.2. The number of nitrogens with one attached hydrogen (secondary N) is 2. The van der Waals surface area contributed by atoms with Gasteiger partial charge in [0, 0.05) is 38.8 Å². The molecule has 1 aliphatic carbocycles. The van der Waals surface area contributed by atoms with Crippen LogP contribution in [0, 0.1) is 6.92 Å². The molecule has 3 rings (SSSR count). The first-order chi connectivity index (χ1) is 12.6. The zero-order valence-electron chi connectivity index (χ0n) is 16.3. The summed E-state index contributed by atoms with van der Waals surface area (Å²) < 4.78 is 0. The lowest BCUT2D eigenvalue weighted by atomic mass is 9.96. The van der Waals surface area contributed by atoms with Crippen LogP contribution in [0.4, 0.5) is 4.79 Å². The fourth-order valence-corrected chi connectivity index (χ4v) is 4.05. The van der Waals surface area contributed by atoms with Gasteiger partial charge in [0.15, 0.2) is 0 Å². The molecule has 2 aliphatic rings. The van der Waals surface area contributed by atoms with Crippen molar-refractivity contribution in [2.24, 2.45) is 0 Å². The number of urea groups is 1. The smallest absolute Gasteiger partial charge is 0.315 e. The number of aryl methyl sites for hydroxylation is 1. The van der Waals surface area contributed by atoms with Gasteiger partial charge in [-0.15, -0.1) is 0 Å². The molecule has 5 nitrogen and oxygen atoms in total. The van der Waals surface area contributed by atoms with Gasteiger partial charge in [-0.3, -0.25) is 4.90 Å². The quantitative estimate of drug-likeness (QED) is 0.851. The van der Waals surface area contributed by atoms with Crippen LogP contribution in [0.1, 0.15) is 49.3 Å². The van der Waals surface area contributed by atoms with Gasteiger partial charge in [-0.05, 0) is 32.4 Å². The van der Waals surface area contributed by atoms with Gasteiger partial charge in [0.05, 0.1) is 6.04 Å². The molecule has 0 aromatic heterocycles. The maximum atomic E-state index is 12.4. The molecule has 2 amide bonds. The van der Waals surface area contributed by atoms with Crippen molar-refractivity contribution in [1.29, 1.82) is 0 Å². The maximum Gasteiger partial charge on any atom is 0.315 e. The van der Waals surface area contributed by atoms with Crippen LogP contribution in [0.3, 0.4) is 0 Å². The predicted octanol–water partition coefficient (Wildman–Crippen LogP) is 2.92. The lowest BCUT2D eigenvalue weighted by Gasteiger charge is -2.38. The Labute approximate surface area is 158 Å². The van der Waals surface area contributed by atoms with Crippen LogP contribution in [0.25, 0.3) is 0 Å². The van der Waals surface area contributed by atoms with E-state index in [2.05, 4.69) is 58.7 Å². The lowest BCUT2D eigenvalue weighted by molar-refractivity contribution is 0.111. The Balaban J connectivity index is 1.59. The van der Waals surface area contributed by atoms with Gasteiger partial charge in [0.25, 0.3) is 0 Å². The second-order valence-electron chi connectivity index (χ2n) is 7.96. The monoisotopic (exact) mass is 358 g/mol. The molecule has 144 valence electrons. The molecule has 1 aliphatic heterocycles. The average Bonchev–Trinajstić information content (AvgIpc) is 2.65. The highest BCUT2D eigenvalue weighted by Crippen LogP contribution is 2.22. The van der Waals surface area contributed by atoms with Crippen molar-refractivity contribution in [3.63, 3.8) is 0 Å². The zero-order valence-corrected chi connectivity index (χ0v) is 16.3. The average molecular weight is 359 g/mol. The zero-order chi connectivity index (χ0) is 18.4. The van der Waals surface area contributed by atoms with E-state index in [1.54, 1.807) is 0 Å². The Hall–Kier alpha value is -1.59. The van der Waals surface area contributed by atoms with E-state index in [4.69, 9.17) is 0 Å². The molecule has 1 heterocycles. The number of likely N-dealkylation sites (N-methyl/N-ethyl adjacent to an activating group) is 1. The molecule has 0 spiro atoms. The summed E-state index contributed by atoms with van der Waals surface area (Å²) in [5.74, 6) is 0. The number of hydrogen-bond donors (Lipinski definition) is 2. The SMILES string of the molecule is Cc1ccc(C(CNC(=O)NC2CCCCC2)N2CCN(C)CC2)cc1. The molecule has 1 aromatic rings. The van der Waals surface area contributed by atoms with Crippen LogP contribution in [0.2, 0.25) is 0 Å². The minimum atomic E-state index is -0.0110. The van der Waals surface area contributed by atoms with Gasteiger partial charge < -0.3 is 15.5 Å². The van der Waals surface area contributed by atoms with Gasteiger partial charge in [-0.25, -0.2) is 4.79 Å². The van der Waals surface area contributed by atoms with Crippen molar-refractivity contribution >= 4 is 6.03 Å². The molecule has 1 aromatic carbocycles. The van der Waals surface area contributed by atoms with E-state index in [9.17, 15) is 4.79 Å². The van der Waals surface area contributed by atoms with Gasteiger partial charge in [-0.2, -0.15) is 0 Å². The van der Waals surface area contributed by atoms with Crippen molar-refractivity contribution in [3.8, 4) is 0 Å². The summed E-state index contributed by atoms with van der Waals surface area (Å²) in [6.07, 6.45) is 6.01. The van der Waals surface area contributed by atoms with Crippen molar-refractivity contribution in [3.05, 3.63) is 35.4 Å². The summed E-state index contributed by atoms with van der Waals surface area (Å²) in [6.45, 7) is 7.02. The van der Waals surface area contributed by atoms with Crippen LogP contribution < -0.4 is 10.6 Å². The van der Waals surface area contributed by atoms with E-state index < -0.39 is 0 Å². The van der Waals surface area contributed by atoms with Crippen LogP contribution in [0.5, 0.6) is 0 Å². The highest BCUT2D eigenvalue weighted by molar-refractivity contribution is 5.74. The second kappa shape index (κ2) is 9.38. The molecule has 1 saturated carbocycles. The van der Waals surface area contributed by atoms with E-state index in [0.717, 1.165) is 39.0 Å². The maximum absolute atomic E-state index is 12.4. The van der Waals surface area contributed by atoms with Crippen molar-refractivity contribution in [2.75, 3.05) is 39.8 Å². The third kappa shape index (κ3) is 5.45. The molecule has 0 radical (unpaired) electrons. The van der Waals surface area contributed by atoms with E-state index in [0.29, 0.717) is 12.6 Å². The lowest BCUT2D eigenvalue weighted by Crippen LogP contribution is -2.50. The third-order valence-corrected chi connectivity index (χ3v) is 5.84. The number of carbonyl (C=O) groups excluding carboxylic acids is 1. The van der Waals surface area contributed by atoms with Gasteiger partial charge in [0.2, 0.25) is 0 Å². The minimum Gasteiger partial charge on any atom is -0.336 e. The van der Waals surface area contributed by atoms with Gasteiger partial charge in [0.1, 0.15) is 0 Å². The van der Waals surface area contributed by atoms with Crippen LogP contribution in [0.15, 0.2) is 24.3 Å². The third-order valence-electron chi connectivity index (χ3n) is 5.84. The van der Waals surface area contributed by atoms with Crippen LogP contribution in [-0.2, 0) is 0 Å². The first-order valence-corrected chi connectivity index (χ1v) is 10.2. The molecular formula is C21H34N4O. The number of piperazine rings is 1. The summed E-state index contributed by atoms with van der Waals surface area (Å²) in [7, 11) is 2.17. The first-order valence-electron chi connectivity index (χ1n) is 10.2. The van der Waals surface area contributed by atoms with Crippen LogP contribution in [-0.4, -0.2) is 61.6 Å². The fraction of sp³-hybridized carbons (Fsp3) is 0.667. The Morgan fingerprint density at radius 1 is 1.08 bits per heavy atom. The molecule has 26 heavy (non-hydrogen) atoms. The summed E-state index contributed by atoms with van der Waals surface area (Å²) in [4.78, 5) is 17.3. The largest absolute Gasteiger partial charge is 0.336 e. The van der Waals surface area contributed by atoms with E-state index in [1.165, 1.54) is 30.4 Å². The molecule has 1 atom stereocenters. The summed E-state index contributed by atoms with van der Waals surface area (Å²) in [5.41, 5.74) is 2.56. The van der Waals surface area contributed by atoms with E-state index in [1.807, 2.05) is 0 Å². The first kappa shape index (κ1) is 19.2. The van der Waals surface area contributed by atoms with E-state index in [-0.39, 0.29) is 12.1 Å². The van der Waals surface area contributed by atoms with Gasteiger partial charge >= 0.3 is 6.03 Å².